The van der Waals surface area contributed by atoms with E-state index in [1.54, 1.807) is 6.07 Å². The molecular formula is C18H18N4O3. The second-order valence-electron chi connectivity index (χ2n) is 5.64. The molecule has 2 aromatic carbocycles. The number of nitro benzene ring substituents is 1. The third-order valence-corrected chi connectivity index (χ3v) is 3.93. The quantitative estimate of drug-likeness (QED) is 0.414. The fraction of sp³-hybridized carbons (Fsp3) is 0.222. The van der Waals surface area contributed by atoms with E-state index in [0.717, 1.165) is 30.4 Å². The molecule has 0 unspecified atom stereocenters. The van der Waals surface area contributed by atoms with Gasteiger partial charge >= 0.3 is 5.69 Å². The summed E-state index contributed by atoms with van der Waals surface area (Å²) in [5.74, 6) is 0.119. The zero-order chi connectivity index (χ0) is 17.8. The number of rotatable bonds is 6. The summed E-state index contributed by atoms with van der Waals surface area (Å²) in [7, 11) is 0. The summed E-state index contributed by atoms with van der Waals surface area (Å²) >= 11 is 0. The van der Waals surface area contributed by atoms with Crippen molar-refractivity contribution in [1.29, 1.82) is 0 Å². The second kappa shape index (κ2) is 7.12. The minimum Gasteiger partial charge on any atom is -0.502 e. The number of nitro groups is 1. The van der Waals surface area contributed by atoms with E-state index in [4.69, 9.17) is 0 Å². The number of para-hydroxylation sites is 3. The van der Waals surface area contributed by atoms with E-state index in [1.165, 1.54) is 18.3 Å². The van der Waals surface area contributed by atoms with Crippen LogP contribution in [0.15, 0.2) is 47.5 Å². The summed E-state index contributed by atoms with van der Waals surface area (Å²) in [6, 6.07) is 12.1. The number of benzene rings is 2. The first-order valence-corrected chi connectivity index (χ1v) is 8.07. The monoisotopic (exact) mass is 338 g/mol. The Morgan fingerprint density at radius 1 is 1.28 bits per heavy atom. The van der Waals surface area contributed by atoms with Gasteiger partial charge in [-0.1, -0.05) is 31.5 Å². The van der Waals surface area contributed by atoms with Crippen LogP contribution >= 0.6 is 0 Å². The molecule has 0 aliphatic heterocycles. The summed E-state index contributed by atoms with van der Waals surface area (Å²) < 4.78 is 2.02. The number of aromatic hydroxyl groups is 1. The number of unbranched alkanes of at least 4 members (excludes halogenated alkanes) is 1. The van der Waals surface area contributed by atoms with Gasteiger partial charge in [-0.15, -0.1) is 0 Å². The SMILES string of the molecule is CCCCn1c(N=Cc2cccc([N+](=O)[O-])c2O)nc2ccccc21. The lowest BCUT2D eigenvalue weighted by Crippen LogP contribution is -1.97. The van der Waals surface area contributed by atoms with Crippen molar-refractivity contribution in [2.24, 2.45) is 4.99 Å². The highest BCUT2D eigenvalue weighted by Crippen LogP contribution is 2.29. The predicted octanol–water partition coefficient (Wildman–Crippen LogP) is 4.20. The number of fused-ring (bicyclic) bond motifs is 1. The minimum absolute atomic E-state index is 0.281. The van der Waals surface area contributed by atoms with Gasteiger partial charge in [0.2, 0.25) is 11.7 Å². The predicted molar refractivity (Wildman–Crippen MR) is 96.7 cm³/mol. The first-order valence-electron chi connectivity index (χ1n) is 8.07. The molecule has 0 aliphatic carbocycles. The van der Waals surface area contributed by atoms with Gasteiger partial charge in [-0.3, -0.25) is 10.1 Å². The van der Waals surface area contributed by atoms with E-state index in [-0.39, 0.29) is 11.3 Å². The van der Waals surface area contributed by atoms with Crippen LogP contribution in [0.2, 0.25) is 0 Å². The van der Waals surface area contributed by atoms with Gasteiger partial charge in [-0.05, 0) is 24.6 Å². The number of aromatic nitrogens is 2. The van der Waals surface area contributed by atoms with Crippen LogP contribution in [0.25, 0.3) is 11.0 Å². The largest absolute Gasteiger partial charge is 0.502 e. The molecule has 128 valence electrons. The van der Waals surface area contributed by atoms with Gasteiger partial charge in [0.15, 0.2) is 0 Å². The molecule has 0 saturated carbocycles. The number of imidazole rings is 1. The normalized spacial score (nSPS) is 11.4. The molecule has 0 aliphatic rings. The van der Waals surface area contributed by atoms with Gasteiger partial charge in [0.25, 0.3) is 0 Å². The molecule has 1 aromatic heterocycles. The van der Waals surface area contributed by atoms with E-state index in [9.17, 15) is 15.2 Å². The standard InChI is InChI=1S/C18H18N4O3/c1-2-3-11-21-15-9-5-4-8-14(15)20-18(21)19-12-13-7-6-10-16(17(13)23)22(24)25/h4-10,12,23H,2-3,11H2,1H3. The summed E-state index contributed by atoms with van der Waals surface area (Å²) in [4.78, 5) is 19.2. The molecule has 0 amide bonds. The van der Waals surface area contributed by atoms with Gasteiger partial charge in [0, 0.05) is 24.4 Å². The molecule has 0 fully saturated rings. The molecule has 0 atom stereocenters. The fourth-order valence-electron chi connectivity index (χ4n) is 2.63. The number of nitrogens with zero attached hydrogens (tertiary/aromatic N) is 4. The summed E-state index contributed by atoms with van der Waals surface area (Å²) in [6.45, 7) is 2.90. The average Bonchev–Trinajstić information content (AvgIpc) is 2.96. The Bertz CT molecular complexity index is 947. The molecular weight excluding hydrogens is 320 g/mol. The zero-order valence-electron chi connectivity index (χ0n) is 13.8. The maximum absolute atomic E-state index is 10.9. The second-order valence-corrected chi connectivity index (χ2v) is 5.64. The smallest absolute Gasteiger partial charge is 0.311 e. The number of phenolic OH excluding ortho intramolecular Hbond substituents is 1. The van der Waals surface area contributed by atoms with E-state index in [2.05, 4.69) is 16.9 Å². The molecule has 3 aromatic rings. The van der Waals surface area contributed by atoms with Gasteiger partial charge < -0.3 is 9.67 Å². The molecule has 0 saturated heterocycles. The summed E-state index contributed by atoms with van der Waals surface area (Å²) in [5.41, 5.74) is 1.77. The maximum Gasteiger partial charge on any atom is 0.311 e. The third kappa shape index (κ3) is 3.35. The Morgan fingerprint density at radius 2 is 2.08 bits per heavy atom. The third-order valence-electron chi connectivity index (χ3n) is 3.93. The van der Waals surface area contributed by atoms with Gasteiger partial charge in [0.1, 0.15) is 0 Å². The molecule has 0 bridgehead atoms. The van der Waals surface area contributed by atoms with Crippen molar-refractivity contribution in [1.82, 2.24) is 9.55 Å². The fourth-order valence-corrected chi connectivity index (χ4v) is 2.63. The number of aliphatic imine (C=N–C) groups is 1. The van der Waals surface area contributed by atoms with Crippen LogP contribution in [-0.2, 0) is 6.54 Å². The van der Waals surface area contributed by atoms with Crippen LogP contribution in [-0.4, -0.2) is 25.8 Å². The van der Waals surface area contributed by atoms with E-state index >= 15 is 0 Å². The van der Waals surface area contributed by atoms with Crippen molar-refractivity contribution in [2.75, 3.05) is 0 Å². The lowest BCUT2D eigenvalue weighted by Gasteiger charge is -2.05. The van der Waals surface area contributed by atoms with E-state index < -0.39 is 10.7 Å². The number of phenols is 1. The summed E-state index contributed by atoms with van der Waals surface area (Å²) in [6.07, 6.45) is 3.44. The van der Waals surface area contributed by atoms with Crippen molar-refractivity contribution in [2.45, 2.75) is 26.3 Å². The average molecular weight is 338 g/mol. The van der Waals surface area contributed by atoms with Gasteiger partial charge in [0.05, 0.1) is 16.0 Å². The number of aryl methyl sites for hydroxylation is 1. The Labute approximate surface area is 144 Å². The topological polar surface area (TPSA) is 93.5 Å². The van der Waals surface area contributed by atoms with Crippen LogP contribution < -0.4 is 0 Å². The highest BCUT2D eigenvalue weighted by Gasteiger charge is 2.15. The van der Waals surface area contributed by atoms with Crippen molar-refractivity contribution < 1.29 is 10.0 Å². The van der Waals surface area contributed by atoms with Crippen molar-refractivity contribution in [3.8, 4) is 5.75 Å². The molecule has 3 rings (SSSR count). The van der Waals surface area contributed by atoms with Crippen LogP contribution in [0.3, 0.4) is 0 Å². The van der Waals surface area contributed by atoms with Crippen LogP contribution in [0.4, 0.5) is 11.6 Å². The van der Waals surface area contributed by atoms with E-state index in [1.807, 2.05) is 28.8 Å². The highest BCUT2D eigenvalue weighted by molar-refractivity contribution is 5.87. The number of hydrogen-bond donors (Lipinski definition) is 1. The molecule has 0 radical (unpaired) electrons. The molecule has 7 nitrogen and oxygen atoms in total. The molecule has 1 N–H and O–H groups in total. The van der Waals surface area contributed by atoms with Gasteiger partial charge in [-0.2, -0.15) is 0 Å². The van der Waals surface area contributed by atoms with Gasteiger partial charge in [-0.25, -0.2) is 9.98 Å². The van der Waals surface area contributed by atoms with Crippen molar-refractivity contribution in [3.63, 3.8) is 0 Å². The minimum atomic E-state index is -0.622. The van der Waals surface area contributed by atoms with Crippen LogP contribution in [0.5, 0.6) is 5.75 Å². The van der Waals surface area contributed by atoms with Crippen LogP contribution in [0, 0.1) is 10.1 Å². The maximum atomic E-state index is 10.9. The Balaban J connectivity index is 2.01. The van der Waals surface area contributed by atoms with Crippen LogP contribution in [0.1, 0.15) is 25.3 Å². The molecule has 1 heterocycles. The van der Waals surface area contributed by atoms with E-state index in [0.29, 0.717) is 5.95 Å². The molecule has 0 spiro atoms. The number of hydrogen-bond acceptors (Lipinski definition) is 5. The zero-order valence-corrected chi connectivity index (χ0v) is 13.8. The molecule has 25 heavy (non-hydrogen) atoms. The van der Waals surface area contributed by atoms with Crippen molar-refractivity contribution >= 4 is 28.9 Å². The Hall–Kier alpha value is -3.22. The first kappa shape index (κ1) is 16.6. The lowest BCUT2D eigenvalue weighted by molar-refractivity contribution is -0.385. The highest BCUT2D eigenvalue weighted by atomic mass is 16.6. The Morgan fingerprint density at radius 3 is 2.84 bits per heavy atom. The lowest BCUT2D eigenvalue weighted by atomic mass is 10.2. The van der Waals surface area contributed by atoms with Crippen molar-refractivity contribution in [3.05, 3.63) is 58.1 Å². The Kier molecular flexibility index (Phi) is 4.74. The summed E-state index contributed by atoms with van der Waals surface area (Å²) in [5, 5.41) is 21.0. The first-order chi connectivity index (χ1) is 12.1. The molecule has 7 heteroatoms.